The summed E-state index contributed by atoms with van der Waals surface area (Å²) in [4.78, 5) is 0. The maximum atomic E-state index is 9.18. The zero-order chi connectivity index (χ0) is 6.97. The van der Waals surface area contributed by atoms with Gasteiger partial charge in [0.2, 0.25) is 0 Å². The zero-order valence-corrected chi connectivity index (χ0v) is 6.06. The third-order valence-corrected chi connectivity index (χ3v) is 2.36. The average Bonchev–Trinajstić information content (AvgIpc) is 2.27. The van der Waals surface area contributed by atoms with Crippen LogP contribution in [0.2, 0.25) is 0 Å². The van der Waals surface area contributed by atoms with E-state index in [4.69, 9.17) is 0 Å². The molecule has 0 radical (unpaired) electrons. The van der Waals surface area contributed by atoms with E-state index in [9.17, 15) is 5.11 Å². The molecule has 0 aromatic carbocycles. The lowest BCUT2D eigenvalue weighted by molar-refractivity contribution is 0.401. The van der Waals surface area contributed by atoms with Gasteiger partial charge >= 0.3 is 0 Å². The Bertz CT molecular complexity index is 211. The monoisotopic (exact) mass is 136 g/mol. The molecule has 0 bridgehead atoms. The first-order valence-electron chi connectivity index (χ1n) is 3.97. The van der Waals surface area contributed by atoms with Gasteiger partial charge in [-0.2, -0.15) is 0 Å². The molecule has 0 aromatic rings. The molecule has 0 unspecified atom stereocenters. The molecule has 0 fully saturated rings. The second-order valence-corrected chi connectivity index (χ2v) is 3.15. The maximum Gasteiger partial charge on any atom is 0.0965 e. The Hall–Kier alpha value is -0.720. The minimum absolute atomic E-state index is 0.576. The van der Waals surface area contributed by atoms with Crippen LogP contribution in [0.5, 0.6) is 0 Å². The summed E-state index contributed by atoms with van der Waals surface area (Å²) in [6, 6.07) is 0. The summed E-state index contributed by atoms with van der Waals surface area (Å²) < 4.78 is 0. The standard InChI is InChI=1S/C9H12O/c10-9-5-7-3-1-2-4-8(7)6-9/h5,10H,1-4,6H2. The van der Waals surface area contributed by atoms with E-state index in [1.54, 1.807) is 0 Å². The number of aliphatic hydroxyl groups is 1. The number of hydrogen-bond acceptors (Lipinski definition) is 1. The molecule has 0 atom stereocenters. The van der Waals surface area contributed by atoms with Crippen LogP contribution in [0.25, 0.3) is 0 Å². The largest absolute Gasteiger partial charge is 0.512 e. The number of aliphatic hydroxyl groups excluding tert-OH is 1. The first-order valence-corrected chi connectivity index (χ1v) is 3.97. The fraction of sp³-hybridized carbons (Fsp3) is 0.556. The van der Waals surface area contributed by atoms with Gasteiger partial charge in [-0.05, 0) is 37.3 Å². The predicted octanol–water partition coefficient (Wildman–Crippen LogP) is 2.70. The summed E-state index contributed by atoms with van der Waals surface area (Å²) >= 11 is 0. The van der Waals surface area contributed by atoms with E-state index < -0.39 is 0 Å². The molecule has 0 heterocycles. The second-order valence-electron chi connectivity index (χ2n) is 3.15. The van der Waals surface area contributed by atoms with Gasteiger partial charge in [0.1, 0.15) is 0 Å². The molecule has 2 aliphatic rings. The smallest absolute Gasteiger partial charge is 0.0965 e. The second kappa shape index (κ2) is 2.15. The van der Waals surface area contributed by atoms with Crippen molar-refractivity contribution in [3.05, 3.63) is 23.0 Å². The van der Waals surface area contributed by atoms with Crippen molar-refractivity contribution in [1.82, 2.24) is 0 Å². The highest BCUT2D eigenvalue weighted by Gasteiger charge is 2.17. The molecule has 0 spiro atoms. The summed E-state index contributed by atoms with van der Waals surface area (Å²) in [5.74, 6) is 0.576. The molecule has 1 N–H and O–H groups in total. The molecule has 10 heavy (non-hydrogen) atoms. The van der Waals surface area contributed by atoms with Gasteiger partial charge in [-0.1, -0.05) is 5.57 Å². The van der Waals surface area contributed by atoms with Crippen LogP contribution in [0.1, 0.15) is 32.1 Å². The lowest BCUT2D eigenvalue weighted by Crippen LogP contribution is -1.93. The highest BCUT2D eigenvalue weighted by atomic mass is 16.3. The predicted molar refractivity (Wildman–Crippen MR) is 40.8 cm³/mol. The summed E-state index contributed by atoms with van der Waals surface area (Å²) in [6.07, 6.45) is 7.84. The fourth-order valence-electron chi connectivity index (χ4n) is 1.84. The normalized spacial score (nSPS) is 24.6. The van der Waals surface area contributed by atoms with Crippen LogP contribution in [-0.2, 0) is 0 Å². The number of hydrogen-bond donors (Lipinski definition) is 1. The molecule has 0 saturated heterocycles. The molecule has 0 aliphatic heterocycles. The lowest BCUT2D eigenvalue weighted by atomic mass is 9.94. The van der Waals surface area contributed by atoms with E-state index in [1.807, 2.05) is 6.08 Å². The van der Waals surface area contributed by atoms with Crippen molar-refractivity contribution in [3.8, 4) is 0 Å². The third-order valence-electron chi connectivity index (χ3n) is 2.36. The van der Waals surface area contributed by atoms with Crippen LogP contribution >= 0.6 is 0 Å². The van der Waals surface area contributed by atoms with Crippen LogP contribution < -0.4 is 0 Å². The Morgan fingerprint density at radius 1 is 1.20 bits per heavy atom. The minimum atomic E-state index is 0.576. The molecule has 0 aromatic heterocycles. The van der Waals surface area contributed by atoms with Crippen molar-refractivity contribution in [1.29, 1.82) is 0 Å². The summed E-state index contributed by atoms with van der Waals surface area (Å²) in [7, 11) is 0. The van der Waals surface area contributed by atoms with Gasteiger partial charge in [-0.15, -0.1) is 0 Å². The van der Waals surface area contributed by atoms with Gasteiger partial charge in [0.15, 0.2) is 0 Å². The van der Waals surface area contributed by atoms with Crippen molar-refractivity contribution in [2.75, 3.05) is 0 Å². The molecular formula is C9H12O. The topological polar surface area (TPSA) is 20.2 Å². The quantitative estimate of drug-likeness (QED) is 0.542. The van der Waals surface area contributed by atoms with Gasteiger partial charge < -0.3 is 5.11 Å². The van der Waals surface area contributed by atoms with E-state index in [0.29, 0.717) is 5.76 Å². The van der Waals surface area contributed by atoms with Crippen molar-refractivity contribution in [2.45, 2.75) is 32.1 Å². The van der Waals surface area contributed by atoms with Gasteiger partial charge in [0.25, 0.3) is 0 Å². The SMILES string of the molecule is OC1=CC2=C(CCCC2)C1. The third kappa shape index (κ3) is 0.859. The van der Waals surface area contributed by atoms with E-state index >= 15 is 0 Å². The van der Waals surface area contributed by atoms with E-state index in [0.717, 1.165) is 6.42 Å². The molecule has 2 rings (SSSR count). The first kappa shape index (κ1) is 6.02. The highest BCUT2D eigenvalue weighted by Crippen LogP contribution is 2.34. The van der Waals surface area contributed by atoms with E-state index in [-0.39, 0.29) is 0 Å². The fourth-order valence-corrected chi connectivity index (χ4v) is 1.84. The van der Waals surface area contributed by atoms with E-state index in [1.165, 1.54) is 36.8 Å². The van der Waals surface area contributed by atoms with Crippen LogP contribution in [0, 0.1) is 0 Å². The molecule has 54 valence electrons. The summed E-state index contributed by atoms with van der Waals surface area (Å²) in [5, 5.41) is 9.18. The molecule has 1 nitrogen and oxygen atoms in total. The van der Waals surface area contributed by atoms with Gasteiger partial charge in [-0.25, -0.2) is 0 Å². The lowest BCUT2D eigenvalue weighted by Gasteiger charge is -2.11. The van der Waals surface area contributed by atoms with Crippen LogP contribution in [0.4, 0.5) is 0 Å². The van der Waals surface area contributed by atoms with Crippen molar-refractivity contribution < 1.29 is 5.11 Å². The molecular weight excluding hydrogens is 124 g/mol. The van der Waals surface area contributed by atoms with Crippen LogP contribution in [0.15, 0.2) is 23.0 Å². The van der Waals surface area contributed by atoms with Crippen LogP contribution in [-0.4, -0.2) is 5.11 Å². The maximum absolute atomic E-state index is 9.18. The van der Waals surface area contributed by atoms with Crippen molar-refractivity contribution in [2.24, 2.45) is 0 Å². The summed E-state index contributed by atoms with van der Waals surface area (Å²) in [6.45, 7) is 0. The van der Waals surface area contributed by atoms with Gasteiger partial charge in [0, 0.05) is 6.42 Å². The first-order chi connectivity index (χ1) is 4.86. The highest BCUT2D eigenvalue weighted by molar-refractivity contribution is 5.37. The zero-order valence-electron chi connectivity index (χ0n) is 6.06. The van der Waals surface area contributed by atoms with Crippen molar-refractivity contribution in [3.63, 3.8) is 0 Å². The molecule has 2 aliphatic carbocycles. The Kier molecular flexibility index (Phi) is 1.30. The van der Waals surface area contributed by atoms with Gasteiger partial charge in [0.05, 0.1) is 5.76 Å². The number of allylic oxidation sites excluding steroid dienone is 3. The average molecular weight is 136 g/mol. The van der Waals surface area contributed by atoms with Gasteiger partial charge in [-0.3, -0.25) is 0 Å². The van der Waals surface area contributed by atoms with Crippen molar-refractivity contribution >= 4 is 0 Å². The molecule has 0 saturated carbocycles. The Morgan fingerprint density at radius 2 is 2.00 bits per heavy atom. The Morgan fingerprint density at radius 3 is 2.80 bits per heavy atom. The number of rotatable bonds is 0. The Labute approximate surface area is 61.1 Å². The van der Waals surface area contributed by atoms with E-state index in [2.05, 4.69) is 0 Å². The minimum Gasteiger partial charge on any atom is -0.512 e. The summed E-state index contributed by atoms with van der Waals surface area (Å²) in [5.41, 5.74) is 2.91. The Balaban J connectivity index is 2.22. The molecule has 0 amide bonds. The molecule has 1 heteroatoms. The van der Waals surface area contributed by atoms with Crippen LogP contribution in [0.3, 0.4) is 0 Å².